The summed E-state index contributed by atoms with van der Waals surface area (Å²) in [6.45, 7) is 0.0679. The van der Waals surface area contributed by atoms with Crippen molar-refractivity contribution in [2.24, 2.45) is 0 Å². The SMILES string of the molecule is O=C1CN(c2nc[nH]n2)c2nccnc2N1c1cccnc1. The van der Waals surface area contributed by atoms with Crippen LogP contribution >= 0.6 is 0 Å². The number of nitrogens with one attached hydrogen (secondary N) is 1. The minimum atomic E-state index is -0.161. The van der Waals surface area contributed by atoms with E-state index in [4.69, 9.17) is 0 Å². The van der Waals surface area contributed by atoms with E-state index in [1.807, 2.05) is 0 Å². The topological polar surface area (TPSA) is 104 Å². The average molecular weight is 294 g/mol. The average Bonchev–Trinajstić information content (AvgIpc) is 3.09. The van der Waals surface area contributed by atoms with Gasteiger partial charge >= 0.3 is 0 Å². The fraction of sp³-hybridized carbons (Fsp3) is 0.0769. The van der Waals surface area contributed by atoms with Gasteiger partial charge in [0.2, 0.25) is 0 Å². The van der Waals surface area contributed by atoms with E-state index in [0.717, 1.165) is 0 Å². The van der Waals surface area contributed by atoms with E-state index in [9.17, 15) is 4.79 Å². The van der Waals surface area contributed by atoms with Crippen molar-refractivity contribution in [3.05, 3.63) is 43.2 Å². The Morgan fingerprint density at radius 2 is 1.95 bits per heavy atom. The number of fused-ring (bicyclic) bond motifs is 1. The molecule has 4 rings (SSSR count). The van der Waals surface area contributed by atoms with Crippen molar-refractivity contribution in [1.82, 2.24) is 30.1 Å². The van der Waals surface area contributed by atoms with Crippen LogP contribution in [0.4, 0.5) is 23.3 Å². The predicted octanol–water partition coefficient (Wildman–Crippen LogP) is 0.806. The summed E-state index contributed by atoms with van der Waals surface area (Å²) < 4.78 is 0. The maximum absolute atomic E-state index is 12.6. The molecule has 0 atom stereocenters. The highest BCUT2D eigenvalue weighted by atomic mass is 16.2. The van der Waals surface area contributed by atoms with Gasteiger partial charge in [-0.15, -0.1) is 5.10 Å². The first kappa shape index (κ1) is 12.4. The van der Waals surface area contributed by atoms with E-state index < -0.39 is 0 Å². The number of H-pyrrole nitrogens is 1. The predicted molar refractivity (Wildman–Crippen MR) is 76.8 cm³/mol. The van der Waals surface area contributed by atoms with Crippen LogP contribution in [0.2, 0.25) is 0 Å². The Kier molecular flexibility index (Phi) is 2.75. The summed E-state index contributed by atoms with van der Waals surface area (Å²) in [5, 5.41) is 6.64. The second-order valence-electron chi connectivity index (χ2n) is 4.53. The Hall–Kier alpha value is -3.36. The minimum absolute atomic E-state index is 0.0679. The van der Waals surface area contributed by atoms with Gasteiger partial charge in [0.05, 0.1) is 11.9 Å². The lowest BCUT2D eigenvalue weighted by Crippen LogP contribution is -2.42. The van der Waals surface area contributed by atoms with E-state index in [-0.39, 0.29) is 12.5 Å². The molecule has 4 heterocycles. The molecule has 9 heteroatoms. The molecule has 108 valence electrons. The van der Waals surface area contributed by atoms with Crippen molar-refractivity contribution in [1.29, 1.82) is 0 Å². The minimum Gasteiger partial charge on any atom is -0.281 e. The summed E-state index contributed by atoms with van der Waals surface area (Å²) in [6, 6.07) is 3.56. The number of pyridine rings is 1. The fourth-order valence-corrected chi connectivity index (χ4v) is 2.32. The molecule has 0 aromatic carbocycles. The molecule has 0 unspecified atom stereocenters. The summed E-state index contributed by atoms with van der Waals surface area (Å²) >= 11 is 0. The summed E-state index contributed by atoms with van der Waals surface area (Å²) in [4.78, 5) is 32.5. The van der Waals surface area contributed by atoms with Gasteiger partial charge in [-0.3, -0.25) is 24.7 Å². The fourth-order valence-electron chi connectivity index (χ4n) is 2.32. The van der Waals surface area contributed by atoms with Crippen LogP contribution in [-0.2, 0) is 4.79 Å². The Bertz CT molecular complexity index is 804. The van der Waals surface area contributed by atoms with Crippen LogP contribution in [0.1, 0.15) is 0 Å². The molecule has 1 amide bonds. The number of hydrogen-bond acceptors (Lipinski definition) is 7. The van der Waals surface area contributed by atoms with Crippen LogP contribution in [0.3, 0.4) is 0 Å². The lowest BCUT2D eigenvalue weighted by molar-refractivity contribution is -0.116. The molecular weight excluding hydrogens is 284 g/mol. The number of carbonyl (C=O) groups is 1. The van der Waals surface area contributed by atoms with Crippen molar-refractivity contribution in [2.75, 3.05) is 16.3 Å². The zero-order valence-corrected chi connectivity index (χ0v) is 11.3. The van der Waals surface area contributed by atoms with Crippen LogP contribution in [0.15, 0.2) is 43.2 Å². The van der Waals surface area contributed by atoms with Crippen molar-refractivity contribution in [2.45, 2.75) is 0 Å². The molecule has 1 N–H and O–H groups in total. The van der Waals surface area contributed by atoms with E-state index in [1.165, 1.54) is 17.4 Å². The van der Waals surface area contributed by atoms with Gasteiger partial charge in [0.1, 0.15) is 12.9 Å². The quantitative estimate of drug-likeness (QED) is 0.745. The van der Waals surface area contributed by atoms with Crippen molar-refractivity contribution in [3.63, 3.8) is 0 Å². The van der Waals surface area contributed by atoms with Crippen LogP contribution in [-0.4, -0.2) is 42.6 Å². The van der Waals surface area contributed by atoms with E-state index in [1.54, 1.807) is 35.6 Å². The van der Waals surface area contributed by atoms with Crippen LogP contribution < -0.4 is 9.80 Å². The van der Waals surface area contributed by atoms with Gasteiger partial charge in [-0.05, 0) is 12.1 Å². The molecule has 1 aliphatic heterocycles. The Balaban J connectivity index is 1.86. The zero-order chi connectivity index (χ0) is 14.9. The first-order valence-electron chi connectivity index (χ1n) is 6.52. The van der Waals surface area contributed by atoms with Crippen molar-refractivity contribution < 1.29 is 4.79 Å². The van der Waals surface area contributed by atoms with Gasteiger partial charge in [-0.2, -0.15) is 0 Å². The van der Waals surface area contributed by atoms with Gasteiger partial charge in [-0.1, -0.05) is 0 Å². The number of hydrogen-bond donors (Lipinski definition) is 1. The van der Waals surface area contributed by atoms with Gasteiger partial charge < -0.3 is 0 Å². The highest BCUT2D eigenvalue weighted by molar-refractivity contribution is 6.07. The first-order valence-corrected chi connectivity index (χ1v) is 6.52. The lowest BCUT2D eigenvalue weighted by Gasteiger charge is -2.32. The van der Waals surface area contributed by atoms with Gasteiger partial charge in [-0.25, -0.2) is 15.0 Å². The third-order valence-electron chi connectivity index (χ3n) is 3.22. The Morgan fingerprint density at radius 3 is 2.68 bits per heavy atom. The highest BCUT2D eigenvalue weighted by Gasteiger charge is 2.34. The van der Waals surface area contributed by atoms with E-state index in [0.29, 0.717) is 23.3 Å². The van der Waals surface area contributed by atoms with Crippen molar-refractivity contribution >= 4 is 29.2 Å². The number of nitrogens with zero attached hydrogens (tertiary/aromatic N) is 7. The molecule has 0 saturated heterocycles. The molecule has 0 aliphatic carbocycles. The molecule has 1 aliphatic rings. The normalized spacial score (nSPS) is 14.1. The molecule has 22 heavy (non-hydrogen) atoms. The van der Waals surface area contributed by atoms with E-state index in [2.05, 4.69) is 30.1 Å². The number of rotatable bonds is 2. The second kappa shape index (κ2) is 4.88. The number of aromatic nitrogens is 6. The van der Waals surface area contributed by atoms with Gasteiger partial charge in [0.15, 0.2) is 11.6 Å². The number of anilines is 4. The van der Waals surface area contributed by atoms with Crippen LogP contribution in [0.5, 0.6) is 0 Å². The van der Waals surface area contributed by atoms with Crippen LogP contribution in [0.25, 0.3) is 0 Å². The van der Waals surface area contributed by atoms with Gasteiger partial charge in [0, 0.05) is 18.6 Å². The number of amides is 1. The molecule has 0 bridgehead atoms. The third kappa shape index (κ3) is 1.87. The maximum Gasteiger partial charge on any atom is 0.253 e. The largest absolute Gasteiger partial charge is 0.281 e. The Labute approximate surface area is 124 Å². The number of carbonyl (C=O) groups excluding carboxylic acids is 1. The second-order valence-corrected chi connectivity index (χ2v) is 4.53. The standard InChI is InChI=1S/C13H10N8O/c22-10-7-20(13-17-8-18-19-13)11-12(16-5-4-15-11)21(10)9-2-1-3-14-6-9/h1-6,8H,7H2,(H,17,18,19). The highest BCUT2D eigenvalue weighted by Crippen LogP contribution is 2.36. The van der Waals surface area contributed by atoms with E-state index >= 15 is 0 Å². The van der Waals surface area contributed by atoms with Gasteiger partial charge in [0.25, 0.3) is 11.9 Å². The summed E-state index contributed by atoms with van der Waals surface area (Å²) in [5.74, 6) is 1.16. The van der Waals surface area contributed by atoms with Crippen LogP contribution in [0, 0.1) is 0 Å². The molecule has 0 spiro atoms. The summed E-state index contributed by atoms with van der Waals surface area (Å²) in [5.41, 5.74) is 0.642. The molecular formula is C13H10N8O. The molecule has 3 aromatic rings. The number of aromatic amines is 1. The molecule has 0 radical (unpaired) electrons. The molecule has 0 saturated carbocycles. The molecule has 3 aromatic heterocycles. The maximum atomic E-state index is 12.6. The summed E-state index contributed by atoms with van der Waals surface area (Å²) in [7, 11) is 0. The molecule has 9 nitrogen and oxygen atoms in total. The third-order valence-corrected chi connectivity index (χ3v) is 3.22. The lowest BCUT2D eigenvalue weighted by atomic mass is 10.2. The van der Waals surface area contributed by atoms with Crippen molar-refractivity contribution in [3.8, 4) is 0 Å². The zero-order valence-electron chi connectivity index (χ0n) is 11.3. The first-order chi connectivity index (χ1) is 10.8. The smallest absolute Gasteiger partial charge is 0.253 e. The monoisotopic (exact) mass is 294 g/mol. The Morgan fingerprint density at radius 1 is 1.09 bits per heavy atom. The molecule has 0 fully saturated rings. The summed E-state index contributed by atoms with van der Waals surface area (Å²) in [6.07, 6.45) is 7.81.